The second kappa shape index (κ2) is 9.37. The summed E-state index contributed by atoms with van der Waals surface area (Å²) in [4.78, 5) is 36.0. The molecule has 0 fully saturated rings. The number of carbonyl (C=O) groups excluding carboxylic acids is 1. The van der Waals surface area contributed by atoms with Crippen LogP contribution in [0.4, 0.5) is 22.1 Å². The number of imidazole rings is 1. The van der Waals surface area contributed by atoms with Crippen LogP contribution < -0.4 is 10.6 Å². The highest BCUT2D eigenvalue weighted by molar-refractivity contribution is 5.89. The van der Waals surface area contributed by atoms with Gasteiger partial charge in [-0.2, -0.15) is 4.98 Å². The quantitative estimate of drug-likeness (QED) is 0.285. The summed E-state index contributed by atoms with van der Waals surface area (Å²) in [5.74, 6) is 0.954. The molecule has 180 valence electrons. The molecule has 11 heteroatoms. The fourth-order valence-electron chi connectivity index (χ4n) is 3.43. The number of hydrogen-bond acceptors (Lipinski definition) is 8. The van der Waals surface area contributed by atoms with Crippen LogP contribution in [-0.4, -0.2) is 36.1 Å². The maximum absolute atomic E-state index is 12.1. The summed E-state index contributed by atoms with van der Waals surface area (Å²) >= 11 is 0. The highest BCUT2D eigenvalue weighted by Gasteiger charge is 2.17. The zero-order valence-electron chi connectivity index (χ0n) is 19.7. The van der Waals surface area contributed by atoms with Crippen molar-refractivity contribution in [3.63, 3.8) is 0 Å². The molecule has 0 saturated carbocycles. The first kappa shape index (κ1) is 23.6. The molecule has 0 spiro atoms. The number of ether oxygens (including phenoxy) is 1. The lowest BCUT2D eigenvalue weighted by atomic mass is 10.1. The molecule has 0 saturated heterocycles. The van der Waals surface area contributed by atoms with Crippen LogP contribution in [0.25, 0.3) is 16.9 Å². The van der Waals surface area contributed by atoms with Gasteiger partial charge in [0.1, 0.15) is 17.7 Å². The molecule has 2 heterocycles. The van der Waals surface area contributed by atoms with Gasteiger partial charge in [0.15, 0.2) is 0 Å². The van der Waals surface area contributed by atoms with Gasteiger partial charge in [-0.15, -0.1) is 0 Å². The van der Waals surface area contributed by atoms with E-state index in [4.69, 9.17) is 4.74 Å². The molecule has 0 aliphatic heterocycles. The van der Waals surface area contributed by atoms with Gasteiger partial charge in [0.05, 0.1) is 22.0 Å². The first-order valence-electron chi connectivity index (χ1n) is 10.9. The predicted octanol–water partition coefficient (Wildman–Crippen LogP) is 5.24. The zero-order chi connectivity index (χ0) is 25.2. The molecule has 2 aromatic heterocycles. The summed E-state index contributed by atoms with van der Waals surface area (Å²) in [6.07, 6.45) is 2.72. The maximum atomic E-state index is 12.1. The van der Waals surface area contributed by atoms with Crippen LogP contribution >= 0.6 is 0 Å². The van der Waals surface area contributed by atoms with Crippen LogP contribution in [0.5, 0.6) is 0 Å². The van der Waals surface area contributed by atoms with Crippen molar-refractivity contribution in [1.82, 2.24) is 19.5 Å². The number of non-ortho nitro benzene ring substituents is 1. The van der Waals surface area contributed by atoms with Gasteiger partial charge < -0.3 is 10.1 Å². The second-order valence-corrected chi connectivity index (χ2v) is 8.90. The van der Waals surface area contributed by atoms with E-state index in [9.17, 15) is 14.9 Å². The summed E-state index contributed by atoms with van der Waals surface area (Å²) in [5.41, 5.74) is 2.18. The highest BCUT2D eigenvalue weighted by Crippen LogP contribution is 2.24. The number of nitro benzene ring substituents is 1. The van der Waals surface area contributed by atoms with Gasteiger partial charge in [-0.3, -0.25) is 20.0 Å². The molecule has 2 N–H and O–H groups in total. The van der Waals surface area contributed by atoms with E-state index in [0.29, 0.717) is 23.0 Å². The van der Waals surface area contributed by atoms with Crippen LogP contribution in [0.2, 0.25) is 0 Å². The average Bonchev–Trinajstić information content (AvgIpc) is 3.21. The number of nitrogens with zero attached hydrogens (tertiary/aromatic N) is 5. The van der Waals surface area contributed by atoms with Crippen LogP contribution in [0.3, 0.4) is 0 Å². The van der Waals surface area contributed by atoms with Crippen LogP contribution in [0.1, 0.15) is 39.3 Å². The normalized spacial score (nSPS) is 12.2. The molecule has 11 nitrogen and oxygen atoms in total. The number of carbonyl (C=O) groups is 1. The lowest BCUT2D eigenvalue weighted by Crippen LogP contribution is -2.27. The number of amides is 1. The minimum atomic E-state index is -0.596. The van der Waals surface area contributed by atoms with E-state index < -0.39 is 16.6 Å². The Morgan fingerprint density at radius 3 is 2.69 bits per heavy atom. The topological polar surface area (TPSA) is 137 Å². The second-order valence-electron chi connectivity index (χ2n) is 8.90. The van der Waals surface area contributed by atoms with Crippen molar-refractivity contribution in [2.75, 3.05) is 10.6 Å². The van der Waals surface area contributed by atoms with E-state index in [-0.39, 0.29) is 11.7 Å². The molecule has 0 aliphatic carbocycles. The molecule has 0 bridgehead atoms. The van der Waals surface area contributed by atoms with Crippen LogP contribution in [0, 0.1) is 10.1 Å². The fraction of sp³-hybridized carbons (Fsp3) is 0.250. The van der Waals surface area contributed by atoms with Crippen molar-refractivity contribution in [3.8, 4) is 5.82 Å². The van der Waals surface area contributed by atoms with Crippen molar-refractivity contribution in [2.24, 2.45) is 0 Å². The van der Waals surface area contributed by atoms with Gasteiger partial charge in [-0.25, -0.2) is 14.8 Å². The summed E-state index contributed by atoms with van der Waals surface area (Å²) < 4.78 is 7.09. The summed E-state index contributed by atoms with van der Waals surface area (Å²) in [6.45, 7) is 7.27. The third-order valence-corrected chi connectivity index (χ3v) is 5.01. The molecular weight excluding hydrogens is 450 g/mol. The van der Waals surface area contributed by atoms with Crippen molar-refractivity contribution < 1.29 is 14.5 Å². The smallest absolute Gasteiger partial charge is 0.412 e. The van der Waals surface area contributed by atoms with E-state index in [0.717, 1.165) is 11.1 Å². The van der Waals surface area contributed by atoms with Crippen molar-refractivity contribution in [3.05, 3.63) is 76.7 Å². The van der Waals surface area contributed by atoms with E-state index >= 15 is 0 Å². The Morgan fingerprint density at radius 1 is 1.14 bits per heavy atom. The van der Waals surface area contributed by atoms with Crippen molar-refractivity contribution in [2.45, 2.75) is 39.3 Å². The number of anilines is 2. The maximum Gasteiger partial charge on any atom is 0.412 e. The number of aromatic nitrogens is 4. The van der Waals surface area contributed by atoms with Gasteiger partial charge in [0.2, 0.25) is 5.95 Å². The molecule has 2 aromatic carbocycles. The molecule has 0 radical (unpaired) electrons. The number of nitrogens with one attached hydrogen (secondary N) is 2. The SMILES string of the molecule is CC(Nc1nccc(-n2cnc3cc(NC(=O)OC(C)(C)C)ccc32)n1)c1cccc([N+](=O)[O-])c1. The molecule has 35 heavy (non-hydrogen) atoms. The zero-order valence-corrected chi connectivity index (χ0v) is 19.7. The minimum Gasteiger partial charge on any atom is -0.444 e. The third kappa shape index (κ3) is 5.69. The number of rotatable bonds is 6. The highest BCUT2D eigenvalue weighted by atomic mass is 16.6. The lowest BCUT2D eigenvalue weighted by molar-refractivity contribution is -0.384. The Morgan fingerprint density at radius 2 is 1.94 bits per heavy atom. The Labute approximate surface area is 201 Å². The molecule has 4 aromatic rings. The van der Waals surface area contributed by atoms with Crippen molar-refractivity contribution >= 4 is 34.4 Å². The molecule has 1 amide bonds. The number of hydrogen-bond donors (Lipinski definition) is 2. The third-order valence-electron chi connectivity index (χ3n) is 5.01. The largest absolute Gasteiger partial charge is 0.444 e. The van der Waals surface area contributed by atoms with Gasteiger partial charge in [-0.1, -0.05) is 12.1 Å². The summed E-state index contributed by atoms with van der Waals surface area (Å²) in [5, 5.41) is 17.0. The van der Waals surface area contributed by atoms with Crippen molar-refractivity contribution in [1.29, 1.82) is 0 Å². The Balaban J connectivity index is 1.53. The molecule has 4 rings (SSSR count). The first-order chi connectivity index (χ1) is 16.6. The van der Waals surface area contributed by atoms with Crippen LogP contribution in [-0.2, 0) is 4.74 Å². The first-order valence-corrected chi connectivity index (χ1v) is 10.9. The van der Waals surface area contributed by atoms with Gasteiger partial charge >= 0.3 is 6.09 Å². The van der Waals surface area contributed by atoms with Crippen LogP contribution in [0.15, 0.2) is 61.1 Å². The average molecular weight is 476 g/mol. The van der Waals surface area contributed by atoms with E-state index in [1.807, 2.05) is 13.0 Å². The van der Waals surface area contributed by atoms with Gasteiger partial charge in [0.25, 0.3) is 5.69 Å². The molecular formula is C24H25N7O4. The summed E-state index contributed by atoms with van der Waals surface area (Å²) in [6, 6.07) is 13.3. The summed E-state index contributed by atoms with van der Waals surface area (Å²) in [7, 11) is 0. The Bertz CT molecular complexity index is 1390. The minimum absolute atomic E-state index is 0.0243. The van der Waals surface area contributed by atoms with Gasteiger partial charge in [0, 0.05) is 24.0 Å². The Hall–Kier alpha value is -4.54. The number of fused-ring (bicyclic) bond motifs is 1. The number of nitro groups is 1. The standard InChI is InChI=1S/C24H25N7O4/c1-15(16-6-5-7-18(12-16)31(33)34)27-22-25-11-10-21(29-22)30-14-26-19-13-17(8-9-20(19)30)28-23(32)35-24(2,3)4/h5-15H,1-4H3,(H,28,32)(H,25,27,29). The van der Waals surface area contributed by atoms with E-state index in [1.165, 1.54) is 12.1 Å². The van der Waals surface area contributed by atoms with E-state index in [1.54, 1.807) is 68.2 Å². The monoisotopic (exact) mass is 475 g/mol. The number of benzene rings is 2. The Kier molecular flexibility index (Phi) is 6.32. The predicted molar refractivity (Wildman–Crippen MR) is 132 cm³/mol. The lowest BCUT2D eigenvalue weighted by Gasteiger charge is -2.19. The molecule has 1 atom stereocenters. The molecule has 1 unspecified atom stereocenters. The van der Waals surface area contributed by atoms with Gasteiger partial charge in [-0.05, 0) is 57.5 Å². The van der Waals surface area contributed by atoms with E-state index in [2.05, 4.69) is 25.6 Å². The fourth-order valence-corrected chi connectivity index (χ4v) is 3.43. The molecule has 0 aliphatic rings.